The predicted octanol–water partition coefficient (Wildman–Crippen LogP) is 2.57. The monoisotopic (exact) mass is 376 g/mol. The molecule has 0 aliphatic rings. The lowest BCUT2D eigenvalue weighted by Gasteiger charge is -2.10. The van der Waals surface area contributed by atoms with Crippen molar-refractivity contribution in [2.24, 2.45) is 0 Å². The van der Waals surface area contributed by atoms with Crippen LogP contribution in [0.3, 0.4) is 0 Å². The van der Waals surface area contributed by atoms with Crippen LogP contribution in [0.1, 0.15) is 32.0 Å². The fraction of sp³-hybridized carbons (Fsp3) is 0.444. The number of phenols is 1. The first-order valence-corrected chi connectivity index (χ1v) is 10.7. The molecule has 140 valence electrons. The van der Waals surface area contributed by atoms with Crippen molar-refractivity contribution in [3.8, 4) is 5.75 Å². The number of aryl methyl sites for hydroxylation is 2. The highest BCUT2D eigenvalue weighted by Gasteiger charge is 2.14. The third-order valence-corrected chi connectivity index (χ3v) is 5.01. The molecule has 0 saturated carbocycles. The van der Waals surface area contributed by atoms with Crippen LogP contribution in [-0.2, 0) is 23.0 Å². The van der Waals surface area contributed by atoms with Gasteiger partial charge in [0.15, 0.2) is 0 Å². The molecule has 7 nitrogen and oxygen atoms in total. The van der Waals surface area contributed by atoms with Gasteiger partial charge in [0, 0.05) is 31.0 Å². The number of pyridine rings is 1. The van der Waals surface area contributed by atoms with Crippen LogP contribution in [0.2, 0.25) is 0 Å². The normalized spacial score (nSPS) is 12.2. The number of hydrogen-bond donors (Lipinski definition) is 2. The van der Waals surface area contributed by atoms with Gasteiger partial charge < -0.3 is 9.67 Å². The van der Waals surface area contributed by atoms with Gasteiger partial charge in [0.1, 0.15) is 17.1 Å². The minimum absolute atomic E-state index is 0.191. The topological polar surface area (TPSA) is 97.1 Å². The van der Waals surface area contributed by atoms with Gasteiger partial charge in [-0.25, -0.2) is 18.1 Å². The Bertz CT molecular complexity index is 1030. The molecule has 0 amide bonds. The highest BCUT2D eigenvalue weighted by atomic mass is 32.2. The molecule has 26 heavy (non-hydrogen) atoms. The van der Waals surface area contributed by atoms with Gasteiger partial charge in [0.25, 0.3) is 0 Å². The molecule has 2 aromatic heterocycles. The first kappa shape index (κ1) is 18.6. The van der Waals surface area contributed by atoms with Crippen molar-refractivity contribution in [3.63, 3.8) is 0 Å². The van der Waals surface area contributed by atoms with Gasteiger partial charge in [-0.3, -0.25) is 4.98 Å². The number of nitrogens with one attached hydrogen (secondary N) is 1. The molecule has 0 aliphatic carbocycles. The smallest absolute Gasteiger partial charge is 0.208 e. The summed E-state index contributed by atoms with van der Waals surface area (Å²) >= 11 is 0. The first-order valence-electron chi connectivity index (χ1n) is 8.80. The summed E-state index contributed by atoms with van der Waals surface area (Å²) < 4.78 is 27.0. The maximum Gasteiger partial charge on any atom is 0.208 e. The van der Waals surface area contributed by atoms with Crippen molar-refractivity contribution in [2.75, 3.05) is 12.8 Å². The first-order chi connectivity index (χ1) is 12.4. The summed E-state index contributed by atoms with van der Waals surface area (Å²) in [6.45, 7) is 3.32. The molecular weight excluding hydrogens is 352 g/mol. The lowest BCUT2D eigenvalue weighted by Crippen LogP contribution is -2.23. The summed E-state index contributed by atoms with van der Waals surface area (Å²) in [4.78, 5) is 9.15. The van der Waals surface area contributed by atoms with Gasteiger partial charge in [0.05, 0.1) is 23.5 Å². The second kappa shape index (κ2) is 7.59. The lowest BCUT2D eigenvalue weighted by molar-refractivity contribution is 0.476. The average molecular weight is 376 g/mol. The van der Waals surface area contributed by atoms with Gasteiger partial charge in [0.2, 0.25) is 10.0 Å². The number of aromatic nitrogens is 3. The van der Waals surface area contributed by atoms with E-state index in [1.165, 1.54) is 6.26 Å². The van der Waals surface area contributed by atoms with Crippen LogP contribution in [-0.4, -0.2) is 40.9 Å². The Balaban J connectivity index is 1.91. The van der Waals surface area contributed by atoms with Crippen LogP contribution in [0.25, 0.3) is 21.9 Å². The molecule has 2 N–H and O–H groups in total. The summed E-state index contributed by atoms with van der Waals surface area (Å²) in [6, 6.07) is 5.19. The molecule has 0 atom stereocenters. The largest absolute Gasteiger partial charge is 0.508 e. The molecule has 3 aromatic rings. The number of benzene rings is 1. The summed E-state index contributed by atoms with van der Waals surface area (Å²) in [5.41, 5.74) is 2.61. The van der Waals surface area contributed by atoms with Crippen molar-refractivity contribution in [1.29, 1.82) is 0 Å². The predicted molar refractivity (Wildman–Crippen MR) is 103 cm³/mol. The van der Waals surface area contributed by atoms with Crippen LogP contribution >= 0.6 is 0 Å². The number of hydrogen-bond acceptors (Lipinski definition) is 5. The molecule has 0 saturated heterocycles. The van der Waals surface area contributed by atoms with E-state index >= 15 is 0 Å². The van der Waals surface area contributed by atoms with Crippen LogP contribution in [0.4, 0.5) is 0 Å². The highest BCUT2D eigenvalue weighted by molar-refractivity contribution is 7.88. The molecule has 2 heterocycles. The number of sulfonamides is 1. The van der Waals surface area contributed by atoms with E-state index in [4.69, 9.17) is 4.98 Å². The van der Waals surface area contributed by atoms with E-state index in [1.54, 1.807) is 18.3 Å². The van der Waals surface area contributed by atoms with E-state index in [9.17, 15) is 13.5 Å². The van der Waals surface area contributed by atoms with Gasteiger partial charge in [-0.15, -0.1) is 0 Å². The number of phenolic OH excluding ortho intramolecular Hbond substituents is 1. The number of nitrogens with zero attached hydrogens (tertiary/aromatic N) is 3. The lowest BCUT2D eigenvalue weighted by atomic mass is 10.2. The molecule has 0 unspecified atom stereocenters. The van der Waals surface area contributed by atoms with E-state index in [0.29, 0.717) is 6.54 Å². The molecule has 0 bridgehead atoms. The molecular formula is C18H24N4O3S. The van der Waals surface area contributed by atoms with Crippen LogP contribution in [0, 0.1) is 0 Å². The van der Waals surface area contributed by atoms with E-state index in [0.717, 1.165) is 60.0 Å². The van der Waals surface area contributed by atoms with Gasteiger partial charge in [-0.2, -0.15) is 0 Å². The maximum absolute atomic E-state index is 11.2. The molecule has 0 spiro atoms. The van der Waals surface area contributed by atoms with Gasteiger partial charge >= 0.3 is 0 Å². The van der Waals surface area contributed by atoms with Crippen molar-refractivity contribution >= 4 is 32.0 Å². The Morgan fingerprint density at radius 3 is 2.77 bits per heavy atom. The summed E-state index contributed by atoms with van der Waals surface area (Å²) in [6.07, 6.45) is 6.37. The van der Waals surface area contributed by atoms with E-state index < -0.39 is 10.0 Å². The minimum atomic E-state index is -3.14. The van der Waals surface area contributed by atoms with Crippen molar-refractivity contribution in [3.05, 3.63) is 30.2 Å². The number of imidazole rings is 1. The van der Waals surface area contributed by atoms with E-state index in [1.807, 2.05) is 6.07 Å². The number of aromatic hydroxyl groups is 1. The Morgan fingerprint density at radius 2 is 2.04 bits per heavy atom. The Kier molecular flexibility index (Phi) is 5.43. The van der Waals surface area contributed by atoms with Crippen LogP contribution in [0.15, 0.2) is 24.4 Å². The zero-order valence-electron chi connectivity index (χ0n) is 15.1. The standard InChI is InChI=1S/C18H24N4O3S/c1-3-6-17-21-16-12-19-15-11-13(23)7-8-14(15)18(16)22(17)10-5-4-9-20-26(2,24)25/h7-8,11-12,20,23H,3-6,9-10H2,1-2H3. The maximum atomic E-state index is 11.2. The zero-order chi connectivity index (χ0) is 18.7. The minimum Gasteiger partial charge on any atom is -0.508 e. The molecule has 3 rings (SSSR count). The number of fused-ring (bicyclic) bond motifs is 3. The van der Waals surface area contributed by atoms with Crippen LogP contribution in [0.5, 0.6) is 5.75 Å². The van der Waals surface area contributed by atoms with Crippen molar-refractivity contribution in [1.82, 2.24) is 19.3 Å². The van der Waals surface area contributed by atoms with Crippen LogP contribution < -0.4 is 4.72 Å². The Hall–Kier alpha value is -2.19. The third-order valence-electron chi connectivity index (χ3n) is 4.28. The van der Waals surface area contributed by atoms with Gasteiger partial charge in [-0.1, -0.05) is 6.92 Å². The number of rotatable bonds is 8. The highest BCUT2D eigenvalue weighted by Crippen LogP contribution is 2.28. The van der Waals surface area contributed by atoms with Gasteiger partial charge in [-0.05, 0) is 31.4 Å². The van der Waals surface area contributed by atoms with E-state index in [2.05, 4.69) is 21.2 Å². The third kappa shape index (κ3) is 4.13. The summed E-state index contributed by atoms with van der Waals surface area (Å²) in [5.74, 6) is 1.21. The molecule has 0 radical (unpaired) electrons. The fourth-order valence-corrected chi connectivity index (χ4v) is 3.67. The van der Waals surface area contributed by atoms with Crippen molar-refractivity contribution in [2.45, 2.75) is 39.2 Å². The fourth-order valence-electron chi connectivity index (χ4n) is 3.16. The zero-order valence-corrected chi connectivity index (χ0v) is 15.9. The van der Waals surface area contributed by atoms with E-state index in [-0.39, 0.29) is 5.75 Å². The molecule has 0 aliphatic heterocycles. The van der Waals surface area contributed by atoms with Crippen molar-refractivity contribution < 1.29 is 13.5 Å². The molecule has 8 heteroatoms. The summed E-state index contributed by atoms with van der Waals surface area (Å²) in [5, 5.41) is 10.7. The average Bonchev–Trinajstić information content (AvgIpc) is 2.91. The SMILES string of the molecule is CCCc1nc2cnc3cc(O)ccc3c2n1CCCCNS(C)(=O)=O. The quantitative estimate of drug-likeness (QED) is 0.589. The second-order valence-electron chi connectivity index (χ2n) is 6.50. The number of unbranched alkanes of at least 4 members (excludes halogenated alkanes) is 1. The Labute approximate surface area is 153 Å². The molecule has 1 aromatic carbocycles. The Morgan fingerprint density at radius 1 is 1.23 bits per heavy atom. The summed E-state index contributed by atoms with van der Waals surface area (Å²) in [7, 11) is -3.14. The molecule has 0 fully saturated rings. The second-order valence-corrected chi connectivity index (χ2v) is 8.33.